The summed E-state index contributed by atoms with van der Waals surface area (Å²) in [6.45, 7) is 1.82. The van der Waals surface area contributed by atoms with E-state index >= 15 is 0 Å². The largest absolute Gasteiger partial charge is 0.383 e. The van der Waals surface area contributed by atoms with Crippen LogP contribution in [-0.2, 0) is 11.2 Å². The smallest absolute Gasteiger partial charge is 0.0589 e. The maximum atomic E-state index is 5.12. The van der Waals surface area contributed by atoms with Crippen LogP contribution in [0.15, 0.2) is 24.3 Å². The molecule has 0 unspecified atom stereocenters. The fraction of sp³-hybridized carbons (Fsp3) is 0.538. The second-order valence-electron chi connectivity index (χ2n) is 4.23. The Morgan fingerprint density at radius 1 is 1.40 bits per heavy atom. The molecule has 0 saturated carbocycles. The molecule has 1 aliphatic rings. The molecular weight excluding hydrogens is 186 g/mol. The molecule has 82 valence electrons. The zero-order valence-electron chi connectivity index (χ0n) is 9.57. The van der Waals surface area contributed by atoms with Crippen LogP contribution in [0.2, 0.25) is 0 Å². The number of hydrogen-bond donors (Lipinski definition) is 0. The van der Waals surface area contributed by atoms with E-state index in [0.717, 1.165) is 13.2 Å². The molecule has 2 heteroatoms. The van der Waals surface area contributed by atoms with Crippen molar-refractivity contribution < 1.29 is 4.74 Å². The van der Waals surface area contributed by atoms with E-state index in [1.165, 1.54) is 24.0 Å². The number of methoxy groups -OCH3 is 1. The van der Waals surface area contributed by atoms with Crippen molar-refractivity contribution in [2.75, 3.05) is 27.3 Å². The highest BCUT2D eigenvalue weighted by Crippen LogP contribution is 2.34. The molecule has 0 aromatic heterocycles. The van der Waals surface area contributed by atoms with Crippen molar-refractivity contribution in [1.82, 2.24) is 4.90 Å². The van der Waals surface area contributed by atoms with E-state index in [-0.39, 0.29) is 0 Å². The lowest BCUT2D eigenvalue weighted by atomic mass is 10.1. The molecular formula is C13H19NO. The minimum absolute atomic E-state index is 0.594. The summed E-state index contributed by atoms with van der Waals surface area (Å²) in [5.41, 5.74) is 3.03. The lowest BCUT2D eigenvalue weighted by Crippen LogP contribution is -2.26. The van der Waals surface area contributed by atoms with Gasteiger partial charge in [0.05, 0.1) is 6.61 Å². The SMILES string of the molecule is COCCN(C)[C@@H]1CCc2ccccc21. The van der Waals surface area contributed by atoms with E-state index in [0.29, 0.717) is 6.04 Å². The van der Waals surface area contributed by atoms with Crippen molar-refractivity contribution in [3.05, 3.63) is 35.4 Å². The number of nitrogens with zero attached hydrogens (tertiary/aromatic N) is 1. The van der Waals surface area contributed by atoms with Gasteiger partial charge in [-0.3, -0.25) is 4.90 Å². The van der Waals surface area contributed by atoms with Gasteiger partial charge in [0.1, 0.15) is 0 Å². The maximum Gasteiger partial charge on any atom is 0.0589 e. The molecule has 0 aliphatic heterocycles. The Morgan fingerprint density at radius 3 is 3.00 bits per heavy atom. The van der Waals surface area contributed by atoms with Crippen LogP contribution >= 0.6 is 0 Å². The summed E-state index contributed by atoms with van der Waals surface area (Å²) in [7, 11) is 3.95. The lowest BCUT2D eigenvalue weighted by molar-refractivity contribution is 0.138. The number of benzene rings is 1. The van der Waals surface area contributed by atoms with Crippen molar-refractivity contribution in [1.29, 1.82) is 0 Å². The number of hydrogen-bond acceptors (Lipinski definition) is 2. The first-order valence-electron chi connectivity index (χ1n) is 5.60. The first-order chi connectivity index (χ1) is 7.33. The van der Waals surface area contributed by atoms with Crippen LogP contribution < -0.4 is 0 Å². The number of ether oxygens (including phenoxy) is 1. The second kappa shape index (κ2) is 4.77. The van der Waals surface area contributed by atoms with Gasteiger partial charge in [0.2, 0.25) is 0 Å². The first-order valence-corrected chi connectivity index (χ1v) is 5.60. The topological polar surface area (TPSA) is 12.5 Å². The van der Waals surface area contributed by atoms with Crippen LogP contribution in [0.25, 0.3) is 0 Å². The Kier molecular flexibility index (Phi) is 3.39. The Labute approximate surface area is 91.9 Å². The summed E-state index contributed by atoms with van der Waals surface area (Å²) in [6.07, 6.45) is 2.47. The quantitative estimate of drug-likeness (QED) is 0.747. The molecule has 0 N–H and O–H groups in total. The molecule has 0 radical (unpaired) electrons. The zero-order valence-corrected chi connectivity index (χ0v) is 9.57. The Bertz CT molecular complexity index is 324. The Balaban J connectivity index is 2.06. The molecule has 1 aromatic carbocycles. The van der Waals surface area contributed by atoms with Gasteiger partial charge in [0.25, 0.3) is 0 Å². The summed E-state index contributed by atoms with van der Waals surface area (Å²) < 4.78 is 5.12. The molecule has 0 saturated heterocycles. The average Bonchev–Trinajstić information content (AvgIpc) is 2.69. The van der Waals surface area contributed by atoms with Crippen LogP contribution in [0.3, 0.4) is 0 Å². The second-order valence-corrected chi connectivity index (χ2v) is 4.23. The molecule has 0 spiro atoms. The third-order valence-corrected chi connectivity index (χ3v) is 3.28. The van der Waals surface area contributed by atoms with Crippen LogP contribution in [-0.4, -0.2) is 32.2 Å². The predicted octanol–water partition coefficient (Wildman–Crippen LogP) is 2.25. The summed E-state index contributed by atoms with van der Waals surface area (Å²) in [5.74, 6) is 0. The van der Waals surface area contributed by atoms with E-state index in [1.807, 2.05) is 0 Å². The molecule has 0 bridgehead atoms. The highest BCUT2D eigenvalue weighted by atomic mass is 16.5. The molecule has 2 nitrogen and oxygen atoms in total. The van der Waals surface area contributed by atoms with Gasteiger partial charge >= 0.3 is 0 Å². The molecule has 15 heavy (non-hydrogen) atoms. The van der Waals surface area contributed by atoms with E-state index < -0.39 is 0 Å². The monoisotopic (exact) mass is 205 g/mol. The summed E-state index contributed by atoms with van der Waals surface area (Å²) in [5, 5.41) is 0. The van der Waals surface area contributed by atoms with Gasteiger partial charge in [-0.1, -0.05) is 24.3 Å². The zero-order chi connectivity index (χ0) is 10.7. The van der Waals surface area contributed by atoms with Crippen molar-refractivity contribution in [3.63, 3.8) is 0 Å². The summed E-state index contributed by atoms with van der Waals surface area (Å²) in [6, 6.07) is 9.38. The van der Waals surface area contributed by atoms with E-state index in [4.69, 9.17) is 4.74 Å². The third-order valence-electron chi connectivity index (χ3n) is 3.28. The average molecular weight is 205 g/mol. The van der Waals surface area contributed by atoms with Gasteiger partial charge in [-0.05, 0) is 31.0 Å². The van der Waals surface area contributed by atoms with Gasteiger partial charge < -0.3 is 4.74 Å². The lowest BCUT2D eigenvalue weighted by Gasteiger charge is -2.24. The summed E-state index contributed by atoms with van der Waals surface area (Å²) in [4.78, 5) is 2.40. The number of likely N-dealkylation sites (N-methyl/N-ethyl adjacent to an activating group) is 1. The number of rotatable bonds is 4. The van der Waals surface area contributed by atoms with Crippen LogP contribution in [0, 0.1) is 0 Å². The van der Waals surface area contributed by atoms with Crippen LogP contribution in [0.1, 0.15) is 23.6 Å². The fourth-order valence-corrected chi connectivity index (χ4v) is 2.38. The minimum Gasteiger partial charge on any atom is -0.383 e. The first kappa shape index (κ1) is 10.7. The van der Waals surface area contributed by atoms with Gasteiger partial charge in [0.15, 0.2) is 0 Å². The molecule has 1 aliphatic carbocycles. The molecule has 0 fully saturated rings. The molecule has 1 aromatic rings. The van der Waals surface area contributed by atoms with E-state index in [2.05, 4.69) is 36.2 Å². The van der Waals surface area contributed by atoms with Gasteiger partial charge in [-0.15, -0.1) is 0 Å². The third kappa shape index (κ3) is 2.21. The standard InChI is InChI=1S/C13H19NO/c1-14(9-10-15-2)13-8-7-11-5-3-4-6-12(11)13/h3-6,13H,7-10H2,1-2H3/t13-/m1/s1. The van der Waals surface area contributed by atoms with Crippen molar-refractivity contribution in [2.45, 2.75) is 18.9 Å². The molecule has 0 amide bonds. The van der Waals surface area contributed by atoms with Crippen molar-refractivity contribution >= 4 is 0 Å². The van der Waals surface area contributed by atoms with E-state index in [1.54, 1.807) is 7.11 Å². The fourth-order valence-electron chi connectivity index (χ4n) is 2.38. The van der Waals surface area contributed by atoms with Gasteiger partial charge in [-0.25, -0.2) is 0 Å². The molecule has 0 heterocycles. The van der Waals surface area contributed by atoms with E-state index in [9.17, 15) is 0 Å². The van der Waals surface area contributed by atoms with Crippen LogP contribution in [0.4, 0.5) is 0 Å². The maximum absolute atomic E-state index is 5.12. The predicted molar refractivity (Wildman–Crippen MR) is 62.0 cm³/mol. The highest BCUT2D eigenvalue weighted by molar-refractivity contribution is 5.34. The summed E-state index contributed by atoms with van der Waals surface area (Å²) >= 11 is 0. The van der Waals surface area contributed by atoms with Gasteiger partial charge in [0, 0.05) is 19.7 Å². The Hall–Kier alpha value is -0.860. The normalized spacial score (nSPS) is 19.5. The van der Waals surface area contributed by atoms with Crippen LogP contribution in [0.5, 0.6) is 0 Å². The number of aryl methyl sites for hydroxylation is 1. The Morgan fingerprint density at radius 2 is 2.20 bits per heavy atom. The van der Waals surface area contributed by atoms with Crippen molar-refractivity contribution in [2.24, 2.45) is 0 Å². The highest BCUT2D eigenvalue weighted by Gasteiger charge is 2.24. The number of fused-ring (bicyclic) bond motifs is 1. The molecule has 2 rings (SSSR count). The van der Waals surface area contributed by atoms with Crippen molar-refractivity contribution in [3.8, 4) is 0 Å². The molecule has 1 atom stereocenters. The minimum atomic E-state index is 0.594. The van der Waals surface area contributed by atoms with Gasteiger partial charge in [-0.2, -0.15) is 0 Å².